The van der Waals surface area contributed by atoms with E-state index < -0.39 is 11.8 Å². The highest BCUT2D eigenvalue weighted by atomic mass is 16.5. The van der Waals surface area contributed by atoms with Gasteiger partial charge >= 0.3 is 0 Å². The Bertz CT molecular complexity index is 1160. The smallest absolute Gasteiger partial charge is 0.290 e. The van der Waals surface area contributed by atoms with Crippen molar-refractivity contribution in [1.82, 2.24) is 20.6 Å². The molecule has 2 aromatic carbocycles. The van der Waals surface area contributed by atoms with Crippen LogP contribution in [0.25, 0.3) is 10.8 Å². The Morgan fingerprint density at radius 2 is 1.73 bits per heavy atom. The van der Waals surface area contributed by atoms with Crippen LogP contribution in [0, 0.1) is 0 Å². The van der Waals surface area contributed by atoms with Crippen LogP contribution in [0.4, 0.5) is 0 Å². The van der Waals surface area contributed by atoms with Gasteiger partial charge in [-0.05, 0) is 30.7 Å². The number of nitrogens with one attached hydrogen (secondary N) is 2. The molecule has 9 heteroatoms. The Hall–Kier alpha value is -3.88. The number of carbonyl (C=O) groups is 2. The molecule has 2 amide bonds. The Labute approximate surface area is 172 Å². The van der Waals surface area contributed by atoms with Gasteiger partial charge in [0.05, 0.1) is 19.1 Å². The highest BCUT2D eigenvalue weighted by molar-refractivity contribution is 6.06. The van der Waals surface area contributed by atoms with Crippen LogP contribution in [0.3, 0.4) is 0 Å². The van der Waals surface area contributed by atoms with E-state index in [4.69, 9.17) is 9.47 Å². The second-order valence-corrected chi connectivity index (χ2v) is 6.45. The highest BCUT2D eigenvalue weighted by Crippen LogP contribution is 2.28. The number of methoxy groups -OCH3 is 1. The quantitative estimate of drug-likeness (QED) is 0.600. The third-order valence-electron chi connectivity index (χ3n) is 4.35. The van der Waals surface area contributed by atoms with E-state index in [2.05, 4.69) is 16.0 Å². The summed E-state index contributed by atoms with van der Waals surface area (Å²) in [7, 11) is 2.94. The number of hydrazine groups is 1. The summed E-state index contributed by atoms with van der Waals surface area (Å²) < 4.78 is 11.9. The molecule has 0 saturated carbocycles. The SMILES string of the molecule is CCCOc1ccc(C(=O)NNC(=O)c2nn(C)c(=O)c3ccccc23)cc1OC. The van der Waals surface area contributed by atoms with Crippen molar-refractivity contribution in [2.45, 2.75) is 13.3 Å². The summed E-state index contributed by atoms with van der Waals surface area (Å²) >= 11 is 0. The van der Waals surface area contributed by atoms with Crippen LogP contribution in [0.5, 0.6) is 11.5 Å². The van der Waals surface area contributed by atoms with Crippen LogP contribution in [0.15, 0.2) is 47.3 Å². The fraction of sp³-hybridized carbons (Fsp3) is 0.238. The molecule has 0 unspecified atom stereocenters. The van der Waals surface area contributed by atoms with Crippen LogP contribution in [0.2, 0.25) is 0 Å². The number of hydrogen-bond acceptors (Lipinski definition) is 6. The van der Waals surface area contributed by atoms with Gasteiger partial charge in [0.15, 0.2) is 17.2 Å². The molecule has 1 aromatic heterocycles. The first-order chi connectivity index (χ1) is 14.5. The summed E-state index contributed by atoms with van der Waals surface area (Å²) in [4.78, 5) is 37.3. The van der Waals surface area contributed by atoms with E-state index in [1.54, 1.807) is 36.4 Å². The molecule has 156 valence electrons. The van der Waals surface area contributed by atoms with Crippen LogP contribution < -0.4 is 25.9 Å². The number of ether oxygens (including phenoxy) is 2. The molecule has 0 radical (unpaired) electrons. The van der Waals surface area contributed by atoms with Gasteiger partial charge in [-0.1, -0.05) is 25.1 Å². The van der Waals surface area contributed by atoms with Crippen molar-refractivity contribution < 1.29 is 19.1 Å². The van der Waals surface area contributed by atoms with E-state index in [-0.39, 0.29) is 16.8 Å². The lowest BCUT2D eigenvalue weighted by Crippen LogP contribution is -2.42. The lowest BCUT2D eigenvalue weighted by atomic mass is 10.1. The van der Waals surface area contributed by atoms with E-state index >= 15 is 0 Å². The Morgan fingerprint density at radius 3 is 2.43 bits per heavy atom. The maximum Gasteiger partial charge on any atom is 0.290 e. The molecule has 0 aliphatic heterocycles. The Kier molecular flexibility index (Phi) is 6.31. The minimum Gasteiger partial charge on any atom is -0.493 e. The van der Waals surface area contributed by atoms with Gasteiger partial charge in [-0.3, -0.25) is 25.2 Å². The molecular weight excluding hydrogens is 388 g/mol. The topological polar surface area (TPSA) is 112 Å². The Balaban J connectivity index is 1.77. The number of benzene rings is 2. The fourth-order valence-corrected chi connectivity index (χ4v) is 2.85. The van der Waals surface area contributed by atoms with Gasteiger partial charge in [0, 0.05) is 18.0 Å². The van der Waals surface area contributed by atoms with Crippen molar-refractivity contribution >= 4 is 22.6 Å². The summed E-state index contributed by atoms with van der Waals surface area (Å²) in [5.74, 6) is -0.253. The zero-order valence-corrected chi connectivity index (χ0v) is 16.9. The molecule has 0 bridgehead atoms. The minimum absolute atomic E-state index is 0.0221. The highest BCUT2D eigenvalue weighted by Gasteiger charge is 2.17. The third-order valence-corrected chi connectivity index (χ3v) is 4.35. The van der Waals surface area contributed by atoms with Crippen LogP contribution >= 0.6 is 0 Å². The average Bonchev–Trinajstić information content (AvgIpc) is 2.78. The monoisotopic (exact) mass is 410 g/mol. The Morgan fingerprint density at radius 1 is 1.03 bits per heavy atom. The van der Waals surface area contributed by atoms with Gasteiger partial charge in [0.1, 0.15) is 0 Å². The molecule has 0 spiro atoms. The van der Waals surface area contributed by atoms with Crippen molar-refractivity contribution in [3.63, 3.8) is 0 Å². The number of aryl methyl sites for hydroxylation is 1. The zero-order chi connectivity index (χ0) is 21.7. The number of aromatic nitrogens is 2. The van der Waals surface area contributed by atoms with Crippen molar-refractivity contribution in [1.29, 1.82) is 0 Å². The summed E-state index contributed by atoms with van der Waals surface area (Å²) in [5.41, 5.74) is 4.66. The first-order valence-corrected chi connectivity index (χ1v) is 9.33. The van der Waals surface area contributed by atoms with Gasteiger partial charge in [-0.25, -0.2) is 4.68 Å². The first kappa shape index (κ1) is 20.8. The second kappa shape index (κ2) is 9.08. The van der Waals surface area contributed by atoms with E-state index in [9.17, 15) is 14.4 Å². The number of hydrogen-bond donors (Lipinski definition) is 2. The summed E-state index contributed by atoms with van der Waals surface area (Å²) in [6.45, 7) is 2.51. The number of carbonyl (C=O) groups excluding carboxylic acids is 2. The van der Waals surface area contributed by atoms with Crippen LogP contribution in [-0.2, 0) is 7.05 Å². The molecule has 1 heterocycles. The molecule has 2 N–H and O–H groups in total. The van der Waals surface area contributed by atoms with Crippen molar-refractivity contribution in [2.24, 2.45) is 7.05 Å². The number of fused-ring (bicyclic) bond motifs is 1. The fourth-order valence-electron chi connectivity index (χ4n) is 2.85. The molecule has 0 saturated heterocycles. The lowest BCUT2D eigenvalue weighted by Gasteiger charge is -2.12. The predicted octanol–water partition coefficient (Wildman–Crippen LogP) is 1.81. The lowest BCUT2D eigenvalue weighted by molar-refractivity contribution is 0.0843. The first-order valence-electron chi connectivity index (χ1n) is 9.33. The molecule has 0 fully saturated rings. The molecule has 0 atom stereocenters. The number of rotatable bonds is 6. The van der Waals surface area contributed by atoms with Crippen LogP contribution in [0.1, 0.15) is 34.2 Å². The largest absolute Gasteiger partial charge is 0.493 e. The van der Waals surface area contributed by atoms with Gasteiger partial charge in [-0.15, -0.1) is 0 Å². The number of nitrogens with zero attached hydrogens (tertiary/aromatic N) is 2. The van der Waals surface area contributed by atoms with E-state index in [1.807, 2.05) is 6.92 Å². The van der Waals surface area contributed by atoms with E-state index in [0.29, 0.717) is 28.9 Å². The molecule has 30 heavy (non-hydrogen) atoms. The molecular formula is C21H22N4O5. The third kappa shape index (κ3) is 4.24. The van der Waals surface area contributed by atoms with Gasteiger partial charge in [0.2, 0.25) is 0 Å². The van der Waals surface area contributed by atoms with Crippen molar-refractivity contribution in [3.8, 4) is 11.5 Å². The molecule has 3 rings (SSSR count). The summed E-state index contributed by atoms with van der Waals surface area (Å²) in [6.07, 6.45) is 0.839. The summed E-state index contributed by atoms with van der Waals surface area (Å²) in [6, 6.07) is 11.4. The van der Waals surface area contributed by atoms with Crippen molar-refractivity contribution in [2.75, 3.05) is 13.7 Å². The molecule has 9 nitrogen and oxygen atoms in total. The number of amides is 2. The van der Waals surface area contributed by atoms with E-state index in [0.717, 1.165) is 11.1 Å². The molecule has 0 aliphatic rings. The average molecular weight is 410 g/mol. The minimum atomic E-state index is -0.648. The van der Waals surface area contributed by atoms with Crippen LogP contribution in [-0.4, -0.2) is 35.3 Å². The zero-order valence-electron chi connectivity index (χ0n) is 16.9. The second-order valence-electron chi connectivity index (χ2n) is 6.45. The van der Waals surface area contributed by atoms with Gasteiger partial charge in [0.25, 0.3) is 17.4 Å². The van der Waals surface area contributed by atoms with Gasteiger partial charge < -0.3 is 9.47 Å². The normalized spacial score (nSPS) is 10.5. The maximum absolute atomic E-state index is 12.6. The molecule has 0 aliphatic carbocycles. The van der Waals surface area contributed by atoms with E-state index in [1.165, 1.54) is 20.2 Å². The maximum atomic E-state index is 12.6. The standard InChI is InChI=1S/C21H22N4O5/c1-4-11-30-16-10-9-13(12-17(16)29-3)19(26)22-23-20(27)18-14-7-5-6-8-15(14)21(28)25(2)24-18/h5-10,12H,4,11H2,1-3H3,(H,22,26)(H,23,27). The summed E-state index contributed by atoms with van der Waals surface area (Å²) in [5, 5.41) is 4.78. The predicted molar refractivity (Wildman–Crippen MR) is 111 cm³/mol. The van der Waals surface area contributed by atoms with Crippen molar-refractivity contribution in [3.05, 3.63) is 64.1 Å². The molecule has 3 aromatic rings. The van der Waals surface area contributed by atoms with Gasteiger partial charge in [-0.2, -0.15) is 5.10 Å².